The molecule has 6 heteroatoms. The standard InChI is InChI=1S/C15H17BrN4O/c1-19-9-13(17-10-19)15(21)18-11-6-7-20(8-11)14-5-3-2-4-12(14)16/h2-5,9-11H,6-8H2,1H3,(H,18,21). The second-order valence-corrected chi connectivity index (χ2v) is 6.14. The minimum absolute atomic E-state index is 0.102. The molecule has 0 spiro atoms. The monoisotopic (exact) mass is 348 g/mol. The molecule has 1 atom stereocenters. The van der Waals surface area contributed by atoms with Crippen LogP contribution in [0.2, 0.25) is 0 Å². The normalized spacial score (nSPS) is 18.0. The molecule has 1 saturated heterocycles. The van der Waals surface area contributed by atoms with Crippen molar-refractivity contribution in [3.63, 3.8) is 0 Å². The summed E-state index contributed by atoms with van der Waals surface area (Å²) in [6, 6.07) is 8.32. The van der Waals surface area contributed by atoms with E-state index in [0.717, 1.165) is 24.0 Å². The lowest BCUT2D eigenvalue weighted by atomic mass is 10.2. The first-order chi connectivity index (χ1) is 10.1. The van der Waals surface area contributed by atoms with Crippen molar-refractivity contribution in [3.05, 3.63) is 47.0 Å². The van der Waals surface area contributed by atoms with E-state index in [4.69, 9.17) is 0 Å². The Bertz CT molecular complexity index is 655. The molecule has 1 aliphatic heterocycles. The number of anilines is 1. The Labute approximate surface area is 132 Å². The van der Waals surface area contributed by atoms with Gasteiger partial charge in [0.25, 0.3) is 5.91 Å². The number of nitrogens with zero attached hydrogens (tertiary/aromatic N) is 3. The molecule has 1 unspecified atom stereocenters. The molecular weight excluding hydrogens is 332 g/mol. The summed E-state index contributed by atoms with van der Waals surface area (Å²) in [6.45, 7) is 1.76. The molecule has 1 fully saturated rings. The van der Waals surface area contributed by atoms with Gasteiger partial charge in [-0.05, 0) is 34.5 Å². The molecule has 0 bridgehead atoms. The summed E-state index contributed by atoms with van der Waals surface area (Å²) in [5.74, 6) is -0.102. The SMILES string of the molecule is Cn1cnc(C(=O)NC2CCN(c3ccccc3Br)C2)c1. The van der Waals surface area contributed by atoms with Crippen LogP contribution < -0.4 is 10.2 Å². The number of nitrogens with one attached hydrogen (secondary N) is 1. The van der Waals surface area contributed by atoms with Crippen LogP contribution in [0.1, 0.15) is 16.9 Å². The summed E-state index contributed by atoms with van der Waals surface area (Å²) in [6.07, 6.45) is 4.31. The zero-order chi connectivity index (χ0) is 14.8. The second kappa shape index (κ2) is 5.89. The van der Waals surface area contributed by atoms with E-state index in [1.165, 1.54) is 5.69 Å². The second-order valence-electron chi connectivity index (χ2n) is 5.28. The Kier molecular flexibility index (Phi) is 3.96. The van der Waals surface area contributed by atoms with E-state index in [2.05, 4.69) is 37.2 Å². The maximum absolute atomic E-state index is 12.1. The number of carbonyl (C=O) groups is 1. The van der Waals surface area contributed by atoms with Crippen molar-refractivity contribution in [2.24, 2.45) is 7.05 Å². The van der Waals surface area contributed by atoms with Crippen molar-refractivity contribution in [2.45, 2.75) is 12.5 Å². The number of carbonyl (C=O) groups excluding carboxylic acids is 1. The summed E-state index contributed by atoms with van der Waals surface area (Å²) in [5, 5.41) is 3.06. The summed E-state index contributed by atoms with van der Waals surface area (Å²) < 4.78 is 2.86. The predicted octanol–water partition coefficient (Wildman–Crippen LogP) is 2.19. The summed E-state index contributed by atoms with van der Waals surface area (Å²) >= 11 is 3.57. The summed E-state index contributed by atoms with van der Waals surface area (Å²) in [5.41, 5.74) is 1.64. The lowest BCUT2D eigenvalue weighted by Crippen LogP contribution is -2.37. The van der Waals surface area contributed by atoms with Gasteiger partial charge < -0.3 is 14.8 Å². The number of amides is 1. The topological polar surface area (TPSA) is 50.2 Å². The smallest absolute Gasteiger partial charge is 0.271 e. The molecule has 0 aliphatic carbocycles. The van der Waals surface area contributed by atoms with Gasteiger partial charge in [0.15, 0.2) is 0 Å². The van der Waals surface area contributed by atoms with Crippen molar-refractivity contribution in [2.75, 3.05) is 18.0 Å². The van der Waals surface area contributed by atoms with Crippen LogP contribution in [0, 0.1) is 0 Å². The molecule has 0 radical (unpaired) electrons. The first-order valence-corrected chi connectivity index (χ1v) is 7.71. The van der Waals surface area contributed by atoms with E-state index >= 15 is 0 Å². The van der Waals surface area contributed by atoms with Crippen molar-refractivity contribution in [1.82, 2.24) is 14.9 Å². The Balaban J connectivity index is 1.63. The van der Waals surface area contributed by atoms with E-state index < -0.39 is 0 Å². The first kappa shape index (κ1) is 14.1. The van der Waals surface area contributed by atoms with Crippen molar-refractivity contribution >= 4 is 27.5 Å². The third kappa shape index (κ3) is 3.10. The van der Waals surface area contributed by atoms with Crippen LogP contribution in [-0.4, -0.2) is 34.6 Å². The van der Waals surface area contributed by atoms with Crippen LogP contribution in [0.3, 0.4) is 0 Å². The average Bonchev–Trinajstić information content (AvgIpc) is 3.08. The van der Waals surface area contributed by atoms with Crippen molar-refractivity contribution in [1.29, 1.82) is 0 Å². The highest BCUT2D eigenvalue weighted by Crippen LogP contribution is 2.28. The van der Waals surface area contributed by atoms with E-state index in [-0.39, 0.29) is 11.9 Å². The Morgan fingerprint density at radius 3 is 2.95 bits per heavy atom. The van der Waals surface area contributed by atoms with Gasteiger partial charge >= 0.3 is 0 Å². The first-order valence-electron chi connectivity index (χ1n) is 6.92. The van der Waals surface area contributed by atoms with Crippen LogP contribution in [0.4, 0.5) is 5.69 Å². The molecule has 1 aromatic carbocycles. The number of imidazole rings is 1. The van der Waals surface area contributed by atoms with Crippen LogP contribution in [0.15, 0.2) is 41.3 Å². The molecule has 1 N–H and O–H groups in total. The highest BCUT2D eigenvalue weighted by Gasteiger charge is 2.25. The highest BCUT2D eigenvalue weighted by molar-refractivity contribution is 9.10. The number of rotatable bonds is 3. The maximum Gasteiger partial charge on any atom is 0.271 e. The maximum atomic E-state index is 12.1. The Hall–Kier alpha value is -1.82. The number of hydrogen-bond acceptors (Lipinski definition) is 3. The summed E-state index contributed by atoms with van der Waals surface area (Å²) in [4.78, 5) is 18.5. The number of halogens is 1. The number of hydrogen-bond donors (Lipinski definition) is 1. The molecule has 0 saturated carbocycles. The van der Waals surface area contributed by atoms with Crippen molar-refractivity contribution < 1.29 is 4.79 Å². The molecule has 5 nitrogen and oxygen atoms in total. The zero-order valence-corrected chi connectivity index (χ0v) is 13.4. The van der Waals surface area contributed by atoms with E-state index in [1.807, 2.05) is 25.2 Å². The van der Waals surface area contributed by atoms with Gasteiger partial charge in [-0.3, -0.25) is 4.79 Å². The van der Waals surface area contributed by atoms with Gasteiger partial charge in [-0.25, -0.2) is 4.98 Å². The number of aryl methyl sites for hydroxylation is 1. The quantitative estimate of drug-likeness (QED) is 0.924. The number of para-hydroxylation sites is 1. The molecule has 1 aromatic heterocycles. The van der Waals surface area contributed by atoms with E-state index in [1.54, 1.807) is 17.1 Å². The predicted molar refractivity (Wildman–Crippen MR) is 85.4 cm³/mol. The third-order valence-corrected chi connectivity index (χ3v) is 4.32. The lowest BCUT2D eigenvalue weighted by molar-refractivity contribution is 0.0935. The number of aromatic nitrogens is 2. The summed E-state index contributed by atoms with van der Waals surface area (Å²) in [7, 11) is 1.86. The molecule has 1 aliphatic rings. The minimum atomic E-state index is -0.102. The molecule has 21 heavy (non-hydrogen) atoms. The minimum Gasteiger partial charge on any atom is -0.368 e. The molecule has 110 valence electrons. The van der Waals surface area contributed by atoms with Gasteiger partial charge in [0, 0.05) is 36.8 Å². The van der Waals surface area contributed by atoms with Gasteiger partial charge in [-0.15, -0.1) is 0 Å². The van der Waals surface area contributed by atoms with Crippen LogP contribution in [-0.2, 0) is 7.05 Å². The van der Waals surface area contributed by atoms with Gasteiger partial charge in [-0.2, -0.15) is 0 Å². The molecule has 2 heterocycles. The molecule has 1 amide bonds. The van der Waals surface area contributed by atoms with Crippen LogP contribution >= 0.6 is 15.9 Å². The van der Waals surface area contributed by atoms with Crippen LogP contribution in [0.25, 0.3) is 0 Å². The van der Waals surface area contributed by atoms with Gasteiger partial charge in [-0.1, -0.05) is 12.1 Å². The zero-order valence-electron chi connectivity index (χ0n) is 11.8. The fourth-order valence-electron chi connectivity index (χ4n) is 2.59. The van der Waals surface area contributed by atoms with Gasteiger partial charge in [0.2, 0.25) is 0 Å². The van der Waals surface area contributed by atoms with E-state index in [9.17, 15) is 4.79 Å². The highest BCUT2D eigenvalue weighted by atomic mass is 79.9. The molecular formula is C15H17BrN4O. The van der Waals surface area contributed by atoms with Crippen LogP contribution in [0.5, 0.6) is 0 Å². The third-order valence-electron chi connectivity index (χ3n) is 3.65. The molecule has 3 rings (SSSR count). The Morgan fingerprint density at radius 1 is 1.43 bits per heavy atom. The van der Waals surface area contributed by atoms with E-state index in [0.29, 0.717) is 5.69 Å². The van der Waals surface area contributed by atoms with Crippen molar-refractivity contribution in [3.8, 4) is 0 Å². The lowest BCUT2D eigenvalue weighted by Gasteiger charge is -2.20. The van der Waals surface area contributed by atoms with Gasteiger partial charge in [0.1, 0.15) is 5.69 Å². The van der Waals surface area contributed by atoms with Gasteiger partial charge in [0.05, 0.1) is 12.0 Å². The largest absolute Gasteiger partial charge is 0.368 e. The fraction of sp³-hybridized carbons (Fsp3) is 0.333. The number of benzene rings is 1. The fourth-order valence-corrected chi connectivity index (χ4v) is 3.13. The average molecular weight is 349 g/mol. The Morgan fingerprint density at radius 2 is 2.24 bits per heavy atom. The molecule has 2 aromatic rings.